The molecule has 0 spiro atoms. The number of amides is 1. The highest BCUT2D eigenvalue weighted by Gasteiger charge is 2.52. The van der Waals surface area contributed by atoms with Crippen LogP contribution >= 0.6 is 11.8 Å². The Morgan fingerprint density at radius 1 is 1.23 bits per heavy atom. The molecule has 0 saturated carbocycles. The molecule has 4 heterocycles. The zero-order chi connectivity index (χ0) is 24.6. The number of hydrogen-bond donors (Lipinski definition) is 3. The van der Waals surface area contributed by atoms with E-state index in [9.17, 15) is 17.8 Å². The fourth-order valence-corrected chi connectivity index (χ4v) is 7.09. The number of aryl methyl sites for hydroxylation is 1. The van der Waals surface area contributed by atoms with Crippen molar-refractivity contribution in [2.24, 2.45) is 0 Å². The maximum Gasteiger partial charge on any atom is 0.442 e. The Kier molecular flexibility index (Phi) is 6.92. The highest BCUT2D eigenvalue weighted by atomic mass is 32.3. The predicted molar refractivity (Wildman–Crippen MR) is 133 cm³/mol. The summed E-state index contributed by atoms with van der Waals surface area (Å²) < 4.78 is 36.2. The number of nitrogens with one attached hydrogen (secondary N) is 2. The summed E-state index contributed by atoms with van der Waals surface area (Å²) in [5.41, 5.74) is 3.31. The second-order valence-electron chi connectivity index (χ2n) is 9.28. The summed E-state index contributed by atoms with van der Waals surface area (Å²) in [4.78, 5) is 17.9. The third-order valence-corrected chi connectivity index (χ3v) is 8.61. The van der Waals surface area contributed by atoms with Crippen LogP contribution in [0, 0.1) is 6.92 Å². The Balaban J connectivity index is 1.21. The number of anilines is 1. The molecule has 1 amide bonds. The van der Waals surface area contributed by atoms with Gasteiger partial charge in [0.15, 0.2) is 11.7 Å². The first-order chi connectivity index (χ1) is 16.8. The molecule has 3 saturated heterocycles. The molecule has 5 rings (SSSR count). The Bertz CT molecular complexity index is 1160. The van der Waals surface area contributed by atoms with Crippen molar-refractivity contribution in [3.8, 4) is 11.1 Å². The molecule has 3 fully saturated rings. The number of nitrogens with zero attached hydrogens (tertiary/aromatic N) is 4. The van der Waals surface area contributed by atoms with Gasteiger partial charge in [-0.1, -0.05) is 46.7 Å². The van der Waals surface area contributed by atoms with Gasteiger partial charge in [0, 0.05) is 50.0 Å². The number of rotatable bonds is 6. The molecular weight excluding hydrogens is 492 g/mol. The zero-order valence-electron chi connectivity index (χ0n) is 19.6. The number of quaternary nitrogens is 1. The highest BCUT2D eigenvalue weighted by molar-refractivity contribution is 7.99. The van der Waals surface area contributed by atoms with E-state index in [1.165, 1.54) is 11.8 Å². The minimum Gasteiger partial charge on any atom is -0.352 e. The fourth-order valence-electron chi connectivity index (χ4n) is 5.30. The molecule has 1 aromatic heterocycles. The van der Waals surface area contributed by atoms with Crippen LogP contribution in [0.4, 0.5) is 5.82 Å². The molecule has 3 atom stereocenters. The lowest BCUT2D eigenvalue weighted by Gasteiger charge is -2.38. The Labute approximate surface area is 209 Å². The summed E-state index contributed by atoms with van der Waals surface area (Å²) in [6.07, 6.45) is 0.578. The number of carbonyl (C=O) groups is 1. The maximum absolute atomic E-state index is 13.2. The molecule has 0 aliphatic carbocycles. The van der Waals surface area contributed by atoms with Gasteiger partial charge < -0.3 is 10.2 Å². The standard InChI is InChI=1S/C22H30N6O5S2/c1-16-20(17-5-3-2-4-6-17)21(25-24-16)27-9-7-26(8-10-27)18-13-19(23-14-18)22(29)28(11-12-34-15-28)33-35(30,31)32/h2-6,18-19,23H,7-15H2,1H3,(H-,24,25,30,31,32)/p+1/t18-,19-,28?/m0/s1. The molecule has 3 aliphatic heterocycles. The van der Waals surface area contributed by atoms with Gasteiger partial charge in [0.25, 0.3) is 0 Å². The summed E-state index contributed by atoms with van der Waals surface area (Å²) in [7, 11) is -4.74. The third kappa shape index (κ3) is 5.12. The molecule has 1 aromatic carbocycles. The second kappa shape index (κ2) is 9.81. The first kappa shape index (κ1) is 24.7. The van der Waals surface area contributed by atoms with Crippen LogP contribution in [0.5, 0.6) is 0 Å². The van der Waals surface area contributed by atoms with Gasteiger partial charge in [-0.05, 0) is 23.2 Å². The van der Waals surface area contributed by atoms with E-state index in [1.807, 2.05) is 25.1 Å². The fraction of sp³-hybridized carbons (Fsp3) is 0.545. The number of carbonyl (C=O) groups excluding carboxylic acids is 1. The van der Waals surface area contributed by atoms with Crippen molar-refractivity contribution in [2.45, 2.75) is 25.4 Å². The van der Waals surface area contributed by atoms with Crippen molar-refractivity contribution in [3.63, 3.8) is 0 Å². The normalized spacial score (nSPS) is 28.0. The molecule has 11 nitrogen and oxygen atoms in total. The molecule has 13 heteroatoms. The number of hydroxylamine groups is 3. The van der Waals surface area contributed by atoms with Crippen molar-refractivity contribution >= 4 is 33.9 Å². The van der Waals surface area contributed by atoms with Crippen LogP contribution in [0.15, 0.2) is 30.3 Å². The lowest BCUT2D eigenvalue weighted by molar-refractivity contribution is -1.00. The maximum atomic E-state index is 13.2. The minimum atomic E-state index is -4.74. The van der Waals surface area contributed by atoms with Gasteiger partial charge in [-0.25, -0.2) is 4.79 Å². The van der Waals surface area contributed by atoms with Crippen LogP contribution in [0.25, 0.3) is 11.1 Å². The number of piperazine rings is 1. The van der Waals surface area contributed by atoms with Crippen molar-refractivity contribution in [2.75, 3.05) is 55.8 Å². The quantitative estimate of drug-likeness (QED) is 0.373. The minimum absolute atomic E-state index is 0.168. The largest absolute Gasteiger partial charge is 0.442 e. The number of benzene rings is 1. The van der Waals surface area contributed by atoms with E-state index in [0.29, 0.717) is 18.7 Å². The molecule has 0 radical (unpaired) electrons. The Morgan fingerprint density at radius 3 is 2.63 bits per heavy atom. The van der Waals surface area contributed by atoms with Crippen LogP contribution in [-0.4, -0.2) is 102 Å². The van der Waals surface area contributed by atoms with Crippen molar-refractivity contribution in [3.05, 3.63) is 36.0 Å². The lowest BCUT2D eigenvalue weighted by atomic mass is 10.0. The van der Waals surface area contributed by atoms with E-state index in [1.54, 1.807) is 0 Å². The van der Waals surface area contributed by atoms with Gasteiger partial charge in [-0.3, -0.25) is 14.6 Å². The molecular formula is C22H31N6O5S2+. The third-order valence-electron chi connectivity index (χ3n) is 7.06. The van der Waals surface area contributed by atoms with Crippen LogP contribution in [0.1, 0.15) is 12.1 Å². The zero-order valence-corrected chi connectivity index (χ0v) is 21.2. The second-order valence-corrected chi connectivity index (χ2v) is 11.4. The predicted octanol–water partition coefficient (Wildman–Crippen LogP) is 1.02. The van der Waals surface area contributed by atoms with E-state index < -0.39 is 21.1 Å². The summed E-state index contributed by atoms with van der Waals surface area (Å²) in [6, 6.07) is 9.91. The van der Waals surface area contributed by atoms with Gasteiger partial charge >= 0.3 is 16.3 Å². The molecule has 2 aromatic rings. The van der Waals surface area contributed by atoms with E-state index in [-0.39, 0.29) is 24.4 Å². The first-order valence-corrected chi connectivity index (χ1v) is 14.3. The summed E-state index contributed by atoms with van der Waals surface area (Å²) >= 11 is 1.44. The van der Waals surface area contributed by atoms with E-state index in [4.69, 9.17) is 4.28 Å². The van der Waals surface area contributed by atoms with Gasteiger partial charge in [-0.15, -0.1) is 0 Å². The number of H-pyrrole nitrogens is 1. The smallest absolute Gasteiger partial charge is 0.352 e. The molecule has 0 bridgehead atoms. The van der Waals surface area contributed by atoms with Gasteiger partial charge in [0.05, 0.1) is 5.75 Å². The van der Waals surface area contributed by atoms with Crippen molar-refractivity contribution in [1.29, 1.82) is 0 Å². The van der Waals surface area contributed by atoms with Gasteiger partial charge in [-0.2, -0.15) is 13.5 Å². The van der Waals surface area contributed by atoms with Crippen molar-refractivity contribution < 1.29 is 26.7 Å². The van der Waals surface area contributed by atoms with Gasteiger partial charge in [0.1, 0.15) is 12.6 Å². The van der Waals surface area contributed by atoms with Crippen LogP contribution in [0.2, 0.25) is 0 Å². The van der Waals surface area contributed by atoms with E-state index >= 15 is 0 Å². The number of aromatic nitrogens is 2. The number of hydrogen-bond acceptors (Lipinski definition) is 9. The molecule has 3 N–H and O–H groups in total. The lowest BCUT2D eigenvalue weighted by Crippen LogP contribution is -2.57. The average molecular weight is 524 g/mol. The van der Waals surface area contributed by atoms with Crippen LogP contribution < -0.4 is 10.2 Å². The number of thioether (sulfide) groups is 1. The van der Waals surface area contributed by atoms with E-state index in [2.05, 4.69) is 37.4 Å². The SMILES string of the molecule is Cc1[nH]nc(N2CCN([C@@H]3CN[C@H](C(=O)[N+]4(OS(=O)(=O)O)CCSC4)C3)CC2)c1-c1ccccc1. The van der Waals surface area contributed by atoms with Gasteiger partial charge in [0.2, 0.25) is 0 Å². The van der Waals surface area contributed by atoms with E-state index in [0.717, 1.165) is 48.8 Å². The molecule has 1 unspecified atom stereocenters. The van der Waals surface area contributed by atoms with Crippen LogP contribution in [-0.2, 0) is 19.5 Å². The number of aromatic amines is 1. The monoisotopic (exact) mass is 523 g/mol. The average Bonchev–Trinajstić information content (AvgIpc) is 3.59. The summed E-state index contributed by atoms with van der Waals surface area (Å²) in [6.45, 7) is 6.22. The molecule has 190 valence electrons. The first-order valence-electron chi connectivity index (χ1n) is 11.8. The Morgan fingerprint density at radius 2 is 1.97 bits per heavy atom. The molecule has 35 heavy (non-hydrogen) atoms. The topological polar surface area (TPSA) is 128 Å². The molecule has 3 aliphatic rings. The summed E-state index contributed by atoms with van der Waals surface area (Å²) in [5, 5.41) is 11.0. The summed E-state index contributed by atoms with van der Waals surface area (Å²) in [5.74, 6) is 1.39. The van der Waals surface area contributed by atoms with Crippen LogP contribution in [0.3, 0.4) is 0 Å². The van der Waals surface area contributed by atoms with Crippen molar-refractivity contribution in [1.82, 2.24) is 20.4 Å². The Hall–Kier alpha value is -2.00. The highest BCUT2D eigenvalue weighted by Crippen LogP contribution is 2.33.